The maximum atomic E-state index is 12.4. The molecule has 9 nitrogen and oxygen atoms in total. The van der Waals surface area contributed by atoms with Crippen molar-refractivity contribution in [2.24, 2.45) is 5.41 Å². The lowest BCUT2D eigenvalue weighted by Crippen LogP contribution is -2.45. The summed E-state index contributed by atoms with van der Waals surface area (Å²) in [6.07, 6.45) is 0.0829. The molecule has 1 N–H and O–H groups in total. The SMILES string of the molecule is COC(=O)C1(C(=O)OC)Cc2c(C)nc(OCC3CNC(=O)CO3)c(C)c2C1. The van der Waals surface area contributed by atoms with Gasteiger partial charge in [-0.3, -0.25) is 14.4 Å². The van der Waals surface area contributed by atoms with Crippen LogP contribution in [0.1, 0.15) is 22.4 Å². The van der Waals surface area contributed by atoms with Gasteiger partial charge in [-0.1, -0.05) is 0 Å². The predicted octanol–water partition coefficient (Wildman–Crippen LogP) is 0.0232. The van der Waals surface area contributed by atoms with E-state index in [1.807, 2.05) is 13.8 Å². The Bertz CT molecular complexity index is 795. The first-order valence-corrected chi connectivity index (χ1v) is 8.99. The molecule has 0 aromatic carbocycles. The van der Waals surface area contributed by atoms with Crippen LogP contribution in [-0.4, -0.2) is 62.9 Å². The van der Waals surface area contributed by atoms with E-state index in [4.69, 9.17) is 18.9 Å². The Balaban J connectivity index is 1.84. The van der Waals surface area contributed by atoms with Gasteiger partial charge in [-0.25, -0.2) is 4.98 Å². The van der Waals surface area contributed by atoms with Gasteiger partial charge in [0.1, 0.15) is 19.3 Å². The van der Waals surface area contributed by atoms with Crippen molar-refractivity contribution >= 4 is 17.8 Å². The molecule has 0 spiro atoms. The molecule has 2 heterocycles. The Kier molecular flexibility index (Phi) is 5.55. The second kappa shape index (κ2) is 7.75. The van der Waals surface area contributed by atoms with Crippen molar-refractivity contribution in [2.75, 3.05) is 34.0 Å². The number of nitrogens with one attached hydrogen (secondary N) is 1. The number of carbonyl (C=O) groups is 3. The van der Waals surface area contributed by atoms with Crippen molar-refractivity contribution in [3.8, 4) is 5.88 Å². The average molecular weight is 392 g/mol. The topological polar surface area (TPSA) is 113 Å². The fourth-order valence-electron chi connectivity index (χ4n) is 3.73. The Hall–Kier alpha value is -2.68. The van der Waals surface area contributed by atoms with E-state index in [9.17, 15) is 14.4 Å². The van der Waals surface area contributed by atoms with Crippen LogP contribution in [0, 0.1) is 19.3 Å². The van der Waals surface area contributed by atoms with E-state index in [2.05, 4.69) is 10.3 Å². The quantitative estimate of drug-likeness (QED) is 0.551. The largest absolute Gasteiger partial charge is 0.475 e. The van der Waals surface area contributed by atoms with Gasteiger partial charge < -0.3 is 24.3 Å². The highest BCUT2D eigenvalue weighted by atomic mass is 16.5. The summed E-state index contributed by atoms with van der Waals surface area (Å²) in [4.78, 5) is 40.6. The van der Waals surface area contributed by atoms with Gasteiger partial charge >= 0.3 is 11.9 Å². The minimum Gasteiger partial charge on any atom is -0.475 e. The van der Waals surface area contributed by atoms with Gasteiger partial charge in [-0.2, -0.15) is 0 Å². The standard InChI is InChI=1S/C19H24N2O7/c1-10-13-5-19(17(23)25-3,18(24)26-4)6-14(13)11(2)21-16(10)28-8-12-7-20-15(22)9-27-12/h12H,5-9H2,1-4H3,(H,20,22). The highest BCUT2D eigenvalue weighted by Gasteiger charge is 2.53. The van der Waals surface area contributed by atoms with Crippen LogP contribution in [0.4, 0.5) is 0 Å². The van der Waals surface area contributed by atoms with Gasteiger partial charge in [-0.05, 0) is 25.0 Å². The van der Waals surface area contributed by atoms with Gasteiger partial charge in [0, 0.05) is 30.6 Å². The third kappa shape index (κ3) is 3.42. The summed E-state index contributed by atoms with van der Waals surface area (Å²) in [5.41, 5.74) is 1.72. The van der Waals surface area contributed by atoms with Crippen LogP contribution in [0.25, 0.3) is 0 Å². The summed E-state index contributed by atoms with van der Waals surface area (Å²) in [7, 11) is 2.51. The molecule has 1 amide bonds. The molecule has 2 aliphatic rings. The van der Waals surface area contributed by atoms with Crippen molar-refractivity contribution in [2.45, 2.75) is 32.8 Å². The van der Waals surface area contributed by atoms with Gasteiger partial charge in [-0.15, -0.1) is 0 Å². The summed E-state index contributed by atoms with van der Waals surface area (Å²) >= 11 is 0. The summed E-state index contributed by atoms with van der Waals surface area (Å²) in [6.45, 7) is 4.26. The first kappa shape index (κ1) is 20.1. The monoisotopic (exact) mass is 392 g/mol. The van der Waals surface area contributed by atoms with E-state index in [1.165, 1.54) is 14.2 Å². The number of aryl methyl sites for hydroxylation is 1. The molecule has 28 heavy (non-hydrogen) atoms. The number of amides is 1. The molecule has 152 valence electrons. The molecule has 0 radical (unpaired) electrons. The maximum absolute atomic E-state index is 12.4. The van der Waals surface area contributed by atoms with Crippen molar-refractivity contribution in [3.63, 3.8) is 0 Å². The zero-order valence-corrected chi connectivity index (χ0v) is 16.4. The number of rotatable bonds is 5. The number of esters is 2. The van der Waals surface area contributed by atoms with Gasteiger partial charge in [0.25, 0.3) is 0 Å². The predicted molar refractivity (Wildman–Crippen MR) is 95.8 cm³/mol. The zero-order valence-electron chi connectivity index (χ0n) is 16.4. The van der Waals surface area contributed by atoms with Crippen molar-refractivity contribution in [3.05, 3.63) is 22.4 Å². The fourth-order valence-corrected chi connectivity index (χ4v) is 3.73. The number of morpholine rings is 1. The Labute approximate surface area is 162 Å². The van der Waals surface area contributed by atoms with Crippen LogP contribution >= 0.6 is 0 Å². The summed E-state index contributed by atoms with van der Waals surface area (Å²) in [5.74, 6) is -0.977. The summed E-state index contributed by atoms with van der Waals surface area (Å²) < 4.78 is 21.0. The van der Waals surface area contributed by atoms with Gasteiger partial charge in [0.2, 0.25) is 11.8 Å². The van der Waals surface area contributed by atoms with Crippen molar-refractivity contribution < 1.29 is 33.3 Å². The molecule has 1 atom stereocenters. The molecule has 3 rings (SSSR count). The first-order valence-electron chi connectivity index (χ1n) is 8.99. The Morgan fingerprint density at radius 3 is 2.39 bits per heavy atom. The van der Waals surface area contributed by atoms with E-state index < -0.39 is 17.4 Å². The van der Waals surface area contributed by atoms with Gasteiger partial charge in [0.05, 0.1) is 14.2 Å². The number of fused-ring (bicyclic) bond motifs is 1. The molecular formula is C19H24N2O7. The second-order valence-corrected chi connectivity index (χ2v) is 7.05. The molecule has 1 fully saturated rings. The third-order valence-corrected chi connectivity index (χ3v) is 5.34. The Morgan fingerprint density at radius 2 is 1.82 bits per heavy atom. The summed E-state index contributed by atoms with van der Waals surface area (Å²) in [5, 5.41) is 2.72. The lowest BCUT2D eigenvalue weighted by molar-refractivity contribution is -0.168. The number of hydrogen-bond acceptors (Lipinski definition) is 8. The van der Waals surface area contributed by atoms with Crippen LogP contribution < -0.4 is 10.1 Å². The normalized spacial score (nSPS) is 20.1. The van der Waals surface area contributed by atoms with Crippen LogP contribution in [0.15, 0.2) is 0 Å². The zero-order chi connectivity index (χ0) is 20.5. The molecule has 1 aromatic heterocycles. The fraction of sp³-hybridized carbons (Fsp3) is 0.579. The molecule has 0 saturated carbocycles. The van der Waals surface area contributed by atoms with Crippen LogP contribution in [0.5, 0.6) is 5.88 Å². The van der Waals surface area contributed by atoms with E-state index >= 15 is 0 Å². The van der Waals surface area contributed by atoms with E-state index in [0.29, 0.717) is 18.1 Å². The molecule has 1 aromatic rings. The molecule has 1 saturated heterocycles. The van der Waals surface area contributed by atoms with Crippen LogP contribution in [0.2, 0.25) is 0 Å². The number of hydrogen-bond donors (Lipinski definition) is 1. The third-order valence-electron chi connectivity index (χ3n) is 5.34. The first-order chi connectivity index (χ1) is 13.3. The average Bonchev–Trinajstić information content (AvgIpc) is 3.12. The molecule has 1 unspecified atom stereocenters. The van der Waals surface area contributed by atoms with Gasteiger partial charge in [0.15, 0.2) is 5.41 Å². The number of aromatic nitrogens is 1. The molecule has 0 bridgehead atoms. The molecule has 1 aliphatic carbocycles. The van der Waals surface area contributed by atoms with Crippen LogP contribution in [0.3, 0.4) is 0 Å². The van der Waals surface area contributed by atoms with Crippen molar-refractivity contribution in [1.29, 1.82) is 0 Å². The lowest BCUT2D eigenvalue weighted by atomic mass is 9.84. The smallest absolute Gasteiger partial charge is 0.323 e. The molecular weight excluding hydrogens is 368 g/mol. The number of nitrogens with zero attached hydrogens (tertiary/aromatic N) is 1. The number of methoxy groups -OCH3 is 2. The highest BCUT2D eigenvalue weighted by Crippen LogP contribution is 2.43. The molecule has 1 aliphatic heterocycles. The number of ether oxygens (including phenoxy) is 4. The van der Waals surface area contributed by atoms with Crippen LogP contribution in [-0.2, 0) is 41.4 Å². The minimum absolute atomic E-state index is 0.00440. The Morgan fingerprint density at radius 1 is 1.18 bits per heavy atom. The number of pyridine rings is 1. The van der Waals surface area contributed by atoms with Crippen molar-refractivity contribution in [1.82, 2.24) is 10.3 Å². The van der Waals surface area contributed by atoms with E-state index in [0.717, 1.165) is 16.7 Å². The van der Waals surface area contributed by atoms with E-state index in [1.54, 1.807) is 0 Å². The summed E-state index contributed by atoms with van der Waals surface area (Å²) in [6, 6.07) is 0. The minimum atomic E-state index is -1.40. The van der Waals surface area contributed by atoms with E-state index in [-0.39, 0.29) is 38.1 Å². The highest BCUT2D eigenvalue weighted by molar-refractivity contribution is 6.01. The lowest BCUT2D eigenvalue weighted by Gasteiger charge is -2.23. The second-order valence-electron chi connectivity index (χ2n) is 7.05. The maximum Gasteiger partial charge on any atom is 0.323 e. The number of carbonyl (C=O) groups excluding carboxylic acids is 3. The molecule has 9 heteroatoms.